The van der Waals surface area contributed by atoms with Gasteiger partial charge in [-0.25, -0.2) is 0 Å². The second kappa shape index (κ2) is 6.45. The van der Waals surface area contributed by atoms with E-state index in [9.17, 15) is 0 Å². The first-order valence-electron chi connectivity index (χ1n) is 6.50. The van der Waals surface area contributed by atoms with Gasteiger partial charge in [-0.05, 0) is 39.7 Å². The Labute approximate surface area is 140 Å². The van der Waals surface area contributed by atoms with E-state index in [-0.39, 0.29) is 0 Å². The van der Waals surface area contributed by atoms with Gasteiger partial charge in [-0.1, -0.05) is 46.3 Å². The predicted octanol–water partition coefficient (Wildman–Crippen LogP) is 5.21. The molecule has 0 fully saturated rings. The van der Waals surface area contributed by atoms with E-state index in [4.69, 9.17) is 0 Å². The van der Waals surface area contributed by atoms with Crippen LogP contribution in [0.4, 0.5) is 5.69 Å². The van der Waals surface area contributed by atoms with Gasteiger partial charge in [0.2, 0.25) is 0 Å². The smallest absolute Gasteiger partial charge is 0.0700 e. The van der Waals surface area contributed by atoms with Gasteiger partial charge in [-0.15, -0.1) is 0 Å². The zero-order chi connectivity index (χ0) is 14.7. The van der Waals surface area contributed by atoms with Gasteiger partial charge in [0.15, 0.2) is 0 Å². The average Bonchev–Trinajstić information content (AvgIpc) is 2.97. The summed E-state index contributed by atoms with van der Waals surface area (Å²) in [7, 11) is 0. The summed E-state index contributed by atoms with van der Waals surface area (Å²) < 4.78 is 2.08. The van der Waals surface area contributed by atoms with Gasteiger partial charge in [-0.2, -0.15) is 5.10 Å². The van der Waals surface area contributed by atoms with Gasteiger partial charge in [0.25, 0.3) is 0 Å². The number of halogens is 2. The highest BCUT2D eigenvalue weighted by molar-refractivity contribution is 9.11. The molecule has 2 N–H and O–H groups in total. The molecule has 0 amide bonds. The van der Waals surface area contributed by atoms with E-state index >= 15 is 0 Å². The average molecular weight is 407 g/mol. The molecule has 0 spiro atoms. The summed E-state index contributed by atoms with van der Waals surface area (Å²) >= 11 is 7.04. The van der Waals surface area contributed by atoms with Crippen LogP contribution in [0.3, 0.4) is 0 Å². The topological polar surface area (TPSA) is 40.7 Å². The number of nitrogens with one attached hydrogen (secondary N) is 2. The van der Waals surface area contributed by atoms with Crippen molar-refractivity contribution in [1.29, 1.82) is 0 Å². The van der Waals surface area contributed by atoms with Gasteiger partial charge in [0.05, 0.1) is 11.9 Å². The van der Waals surface area contributed by atoms with Crippen molar-refractivity contribution in [3.63, 3.8) is 0 Å². The Morgan fingerprint density at radius 2 is 1.86 bits per heavy atom. The summed E-state index contributed by atoms with van der Waals surface area (Å²) in [6, 6.07) is 16.3. The van der Waals surface area contributed by atoms with Crippen molar-refractivity contribution in [3.05, 3.63) is 69.2 Å². The molecule has 3 rings (SSSR count). The number of aromatic nitrogens is 2. The molecule has 3 nitrogen and oxygen atoms in total. The van der Waals surface area contributed by atoms with Crippen molar-refractivity contribution in [3.8, 4) is 11.3 Å². The lowest BCUT2D eigenvalue weighted by atomic mass is 10.1. The molecule has 0 saturated heterocycles. The standard InChI is InChI=1S/C16H13Br2N3/c17-13-6-7-14(18)15(8-13)19-9-12-10-20-21-16(12)11-4-2-1-3-5-11/h1-8,10,19H,9H2,(H,20,21). The number of anilines is 1. The second-order valence-electron chi connectivity index (χ2n) is 4.61. The van der Waals surface area contributed by atoms with Crippen LogP contribution in [-0.4, -0.2) is 10.2 Å². The highest BCUT2D eigenvalue weighted by Crippen LogP contribution is 2.27. The third-order valence-corrected chi connectivity index (χ3v) is 4.36. The Balaban J connectivity index is 1.81. The van der Waals surface area contributed by atoms with Crippen LogP contribution in [0.25, 0.3) is 11.3 Å². The molecule has 21 heavy (non-hydrogen) atoms. The number of aromatic amines is 1. The monoisotopic (exact) mass is 405 g/mol. The maximum Gasteiger partial charge on any atom is 0.0700 e. The summed E-state index contributed by atoms with van der Waals surface area (Å²) in [6.45, 7) is 0.704. The highest BCUT2D eigenvalue weighted by atomic mass is 79.9. The normalized spacial score (nSPS) is 10.6. The number of hydrogen-bond acceptors (Lipinski definition) is 2. The van der Waals surface area contributed by atoms with Crippen molar-refractivity contribution in [1.82, 2.24) is 10.2 Å². The molecule has 0 atom stereocenters. The lowest BCUT2D eigenvalue weighted by Crippen LogP contribution is -2.00. The Morgan fingerprint density at radius 1 is 1.05 bits per heavy atom. The maximum absolute atomic E-state index is 4.16. The van der Waals surface area contributed by atoms with Crippen molar-refractivity contribution in [2.75, 3.05) is 5.32 Å². The minimum absolute atomic E-state index is 0.704. The van der Waals surface area contributed by atoms with Gasteiger partial charge >= 0.3 is 0 Å². The van der Waals surface area contributed by atoms with Gasteiger partial charge in [0, 0.05) is 26.7 Å². The van der Waals surface area contributed by atoms with E-state index in [1.807, 2.05) is 42.6 Å². The molecule has 3 aromatic rings. The predicted molar refractivity (Wildman–Crippen MR) is 93.2 cm³/mol. The minimum Gasteiger partial charge on any atom is -0.380 e. The molecule has 5 heteroatoms. The largest absolute Gasteiger partial charge is 0.380 e. The SMILES string of the molecule is Brc1ccc(Br)c(NCc2cn[nH]c2-c2ccccc2)c1. The Bertz CT molecular complexity index is 738. The first-order chi connectivity index (χ1) is 10.2. The van der Waals surface area contributed by atoms with Crippen LogP contribution in [0, 0.1) is 0 Å². The van der Waals surface area contributed by atoms with Crippen LogP contribution in [0.2, 0.25) is 0 Å². The molecule has 0 bridgehead atoms. The number of H-pyrrole nitrogens is 1. The maximum atomic E-state index is 4.16. The van der Waals surface area contributed by atoms with Crippen LogP contribution in [0.5, 0.6) is 0 Å². The van der Waals surface area contributed by atoms with Crippen LogP contribution in [0.15, 0.2) is 63.7 Å². The fourth-order valence-electron chi connectivity index (χ4n) is 2.12. The van der Waals surface area contributed by atoms with E-state index in [0.29, 0.717) is 6.54 Å². The van der Waals surface area contributed by atoms with E-state index in [0.717, 1.165) is 31.5 Å². The molecule has 0 aliphatic heterocycles. The van der Waals surface area contributed by atoms with Crippen LogP contribution >= 0.6 is 31.9 Å². The molecule has 1 heterocycles. The molecule has 0 radical (unpaired) electrons. The second-order valence-corrected chi connectivity index (χ2v) is 6.38. The molecule has 0 unspecified atom stereocenters. The van der Waals surface area contributed by atoms with Crippen LogP contribution < -0.4 is 5.32 Å². The number of rotatable bonds is 4. The van der Waals surface area contributed by atoms with Gasteiger partial charge in [-0.3, -0.25) is 5.10 Å². The lowest BCUT2D eigenvalue weighted by molar-refractivity contribution is 1.10. The minimum atomic E-state index is 0.704. The fraction of sp³-hybridized carbons (Fsp3) is 0.0625. The molecular weight excluding hydrogens is 394 g/mol. The van der Waals surface area contributed by atoms with Crippen molar-refractivity contribution >= 4 is 37.5 Å². The number of nitrogens with zero attached hydrogens (tertiary/aromatic N) is 1. The summed E-state index contributed by atoms with van der Waals surface area (Å²) in [5.74, 6) is 0. The molecule has 0 aliphatic rings. The number of hydrogen-bond donors (Lipinski definition) is 2. The van der Waals surface area contributed by atoms with E-state index < -0.39 is 0 Å². The third kappa shape index (κ3) is 3.36. The van der Waals surface area contributed by atoms with Crippen LogP contribution in [-0.2, 0) is 6.54 Å². The first-order valence-corrected chi connectivity index (χ1v) is 8.09. The summed E-state index contributed by atoms with van der Waals surface area (Å²) in [5, 5.41) is 10.7. The lowest BCUT2D eigenvalue weighted by Gasteiger charge is -2.09. The highest BCUT2D eigenvalue weighted by Gasteiger charge is 2.08. The van der Waals surface area contributed by atoms with Crippen molar-refractivity contribution in [2.24, 2.45) is 0 Å². The molecule has 106 valence electrons. The molecule has 0 aliphatic carbocycles. The zero-order valence-corrected chi connectivity index (χ0v) is 14.3. The van der Waals surface area contributed by atoms with Crippen LogP contribution in [0.1, 0.15) is 5.56 Å². The fourth-order valence-corrected chi connectivity index (χ4v) is 2.87. The Kier molecular flexibility index (Phi) is 4.41. The van der Waals surface area contributed by atoms with Gasteiger partial charge in [0.1, 0.15) is 0 Å². The Hall–Kier alpha value is -1.59. The third-order valence-electron chi connectivity index (χ3n) is 3.18. The van der Waals surface area contributed by atoms with Crippen molar-refractivity contribution < 1.29 is 0 Å². The molecule has 0 saturated carbocycles. The zero-order valence-electron chi connectivity index (χ0n) is 11.1. The van der Waals surface area contributed by atoms with E-state index in [2.05, 4.69) is 59.5 Å². The van der Waals surface area contributed by atoms with E-state index in [1.165, 1.54) is 0 Å². The van der Waals surface area contributed by atoms with E-state index in [1.54, 1.807) is 0 Å². The molecular formula is C16H13Br2N3. The summed E-state index contributed by atoms with van der Waals surface area (Å²) in [4.78, 5) is 0. The Morgan fingerprint density at radius 3 is 2.67 bits per heavy atom. The first kappa shape index (κ1) is 14.4. The molecule has 2 aromatic carbocycles. The molecule has 1 aromatic heterocycles. The van der Waals surface area contributed by atoms with Gasteiger partial charge < -0.3 is 5.32 Å². The quantitative estimate of drug-likeness (QED) is 0.623. The van der Waals surface area contributed by atoms with Crippen molar-refractivity contribution in [2.45, 2.75) is 6.54 Å². The summed E-state index contributed by atoms with van der Waals surface area (Å²) in [6.07, 6.45) is 1.86. The number of benzene rings is 2. The summed E-state index contributed by atoms with van der Waals surface area (Å²) in [5.41, 5.74) is 4.37.